The second kappa shape index (κ2) is 6.13. The summed E-state index contributed by atoms with van der Waals surface area (Å²) in [5.74, 6) is -0.304. The molecular formula is C17H20N4O. The SMILES string of the molecule is CC(=NNC(=O)c1cc(C)[nH]n1)c1ccc2c(c1)CCCC2. The second-order valence-corrected chi connectivity index (χ2v) is 5.76. The zero-order chi connectivity index (χ0) is 15.5. The Morgan fingerprint density at radius 2 is 2.00 bits per heavy atom. The minimum atomic E-state index is -0.304. The molecule has 3 rings (SSSR count). The summed E-state index contributed by atoms with van der Waals surface area (Å²) in [6.07, 6.45) is 4.83. The van der Waals surface area contributed by atoms with Crippen molar-refractivity contribution in [2.45, 2.75) is 39.5 Å². The van der Waals surface area contributed by atoms with Crippen LogP contribution in [0.2, 0.25) is 0 Å². The van der Waals surface area contributed by atoms with E-state index in [0.29, 0.717) is 5.69 Å². The van der Waals surface area contributed by atoms with E-state index in [2.05, 4.69) is 38.9 Å². The minimum Gasteiger partial charge on any atom is -0.282 e. The van der Waals surface area contributed by atoms with Gasteiger partial charge in [0.25, 0.3) is 5.91 Å². The molecule has 0 spiro atoms. The molecule has 1 heterocycles. The van der Waals surface area contributed by atoms with E-state index in [1.807, 2.05) is 13.8 Å². The number of amides is 1. The molecule has 0 fully saturated rings. The van der Waals surface area contributed by atoms with Crippen LogP contribution in [0.25, 0.3) is 0 Å². The van der Waals surface area contributed by atoms with Crippen LogP contribution in [0, 0.1) is 6.92 Å². The number of hydrogen-bond donors (Lipinski definition) is 2. The Hall–Kier alpha value is -2.43. The summed E-state index contributed by atoms with van der Waals surface area (Å²) in [6.45, 7) is 3.76. The van der Waals surface area contributed by atoms with E-state index >= 15 is 0 Å². The van der Waals surface area contributed by atoms with Gasteiger partial charge in [0.15, 0.2) is 5.69 Å². The first-order chi connectivity index (χ1) is 10.6. The molecule has 1 aliphatic rings. The molecule has 5 heteroatoms. The fourth-order valence-corrected chi connectivity index (χ4v) is 2.75. The van der Waals surface area contributed by atoms with Gasteiger partial charge in [0.05, 0.1) is 5.71 Å². The van der Waals surface area contributed by atoms with Gasteiger partial charge in [-0.1, -0.05) is 12.1 Å². The molecule has 2 aromatic rings. The Morgan fingerprint density at radius 3 is 2.73 bits per heavy atom. The summed E-state index contributed by atoms with van der Waals surface area (Å²) in [7, 11) is 0. The van der Waals surface area contributed by atoms with Crippen molar-refractivity contribution in [2.75, 3.05) is 0 Å². The Kier molecular flexibility index (Phi) is 4.04. The van der Waals surface area contributed by atoms with Gasteiger partial charge in [0.1, 0.15) is 0 Å². The average Bonchev–Trinajstić information content (AvgIpc) is 2.98. The van der Waals surface area contributed by atoms with Crippen molar-refractivity contribution in [1.29, 1.82) is 0 Å². The topological polar surface area (TPSA) is 70.1 Å². The number of rotatable bonds is 3. The highest BCUT2D eigenvalue weighted by Gasteiger charge is 2.11. The maximum atomic E-state index is 11.9. The van der Waals surface area contributed by atoms with E-state index in [-0.39, 0.29) is 5.91 Å². The van der Waals surface area contributed by atoms with Crippen molar-refractivity contribution in [1.82, 2.24) is 15.6 Å². The monoisotopic (exact) mass is 296 g/mol. The van der Waals surface area contributed by atoms with Crippen molar-refractivity contribution in [2.24, 2.45) is 5.10 Å². The molecule has 0 saturated heterocycles. The van der Waals surface area contributed by atoms with Gasteiger partial charge in [-0.15, -0.1) is 0 Å². The molecule has 1 amide bonds. The Labute approximate surface area is 129 Å². The summed E-state index contributed by atoms with van der Waals surface area (Å²) in [6, 6.07) is 8.15. The van der Waals surface area contributed by atoms with Crippen LogP contribution >= 0.6 is 0 Å². The molecule has 2 N–H and O–H groups in total. The Bertz CT molecular complexity index is 730. The summed E-state index contributed by atoms with van der Waals surface area (Å²) >= 11 is 0. The molecule has 1 aliphatic carbocycles. The van der Waals surface area contributed by atoms with E-state index in [1.165, 1.54) is 30.4 Å². The predicted octanol–water partition coefficient (Wildman–Crippen LogP) is 2.75. The first kappa shape index (κ1) is 14.5. The van der Waals surface area contributed by atoms with Crippen LogP contribution in [0.4, 0.5) is 0 Å². The quantitative estimate of drug-likeness (QED) is 0.675. The molecule has 0 bridgehead atoms. The van der Waals surface area contributed by atoms with E-state index in [0.717, 1.165) is 23.4 Å². The third kappa shape index (κ3) is 3.08. The molecule has 0 radical (unpaired) electrons. The van der Waals surface area contributed by atoms with E-state index in [1.54, 1.807) is 6.07 Å². The van der Waals surface area contributed by atoms with E-state index in [9.17, 15) is 4.79 Å². The van der Waals surface area contributed by atoms with Crippen molar-refractivity contribution < 1.29 is 4.79 Å². The number of hydrazone groups is 1. The largest absolute Gasteiger partial charge is 0.291 e. The van der Waals surface area contributed by atoms with Gasteiger partial charge in [0.2, 0.25) is 0 Å². The van der Waals surface area contributed by atoms with Crippen LogP contribution < -0.4 is 5.43 Å². The van der Waals surface area contributed by atoms with Gasteiger partial charge >= 0.3 is 0 Å². The number of aromatic nitrogens is 2. The number of hydrogen-bond acceptors (Lipinski definition) is 3. The van der Waals surface area contributed by atoms with Crippen molar-refractivity contribution in [3.05, 3.63) is 52.3 Å². The van der Waals surface area contributed by atoms with Gasteiger partial charge < -0.3 is 0 Å². The normalized spacial score (nSPS) is 14.5. The lowest BCUT2D eigenvalue weighted by molar-refractivity contribution is 0.0950. The van der Waals surface area contributed by atoms with Gasteiger partial charge in [0, 0.05) is 5.69 Å². The highest BCUT2D eigenvalue weighted by molar-refractivity contribution is 6.00. The molecule has 114 valence electrons. The summed E-state index contributed by atoms with van der Waals surface area (Å²) in [4.78, 5) is 11.9. The third-order valence-electron chi connectivity index (χ3n) is 4.03. The smallest absolute Gasteiger partial charge is 0.282 e. The molecule has 1 aromatic heterocycles. The zero-order valence-electron chi connectivity index (χ0n) is 12.9. The fraction of sp³-hybridized carbons (Fsp3) is 0.353. The first-order valence-corrected chi connectivity index (χ1v) is 7.62. The van der Waals surface area contributed by atoms with Crippen molar-refractivity contribution >= 4 is 11.6 Å². The molecule has 0 unspecified atom stereocenters. The molecule has 0 aliphatic heterocycles. The van der Waals surface area contributed by atoms with Crippen LogP contribution in [0.5, 0.6) is 0 Å². The van der Waals surface area contributed by atoms with Crippen LogP contribution in [0.1, 0.15) is 52.6 Å². The Morgan fingerprint density at radius 1 is 1.23 bits per heavy atom. The fourth-order valence-electron chi connectivity index (χ4n) is 2.75. The third-order valence-corrected chi connectivity index (χ3v) is 4.03. The van der Waals surface area contributed by atoms with E-state index in [4.69, 9.17) is 0 Å². The molecule has 1 aromatic carbocycles. The minimum absolute atomic E-state index is 0.304. The number of aryl methyl sites for hydroxylation is 3. The lowest BCUT2D eigenvalue weighted by atomic mass is 9.90. The summed E-state index contributed by atoms with van der Waals surface area (Å²) in [5.41, 5.74) is 8.46. The highest BCUT2D eigenvalue weighted by Crippen LogP contribution is 2.22. The number of benzene rings is 1. The lowest BCUT2D eigenvalue weighted by Gasteiger charge is -2.16. The van der Waals surface area contributed by atoms with Gasteiger partial charge in [-0.25, -0.2) is 5.43 Å². The summed E-state index contributed by atoms with van der Waals surface area (Å²) < 4.78 is 0. The van der Waals surface area contributed by atoms with Crippen LogP contribution in [-0.2, 0) is 12.8 Å². The molecule has 22 heavy (non-hydrogen) atoms. The number of nitrogens with one attached hydrogen (secondary N) is 2. The molecule has 5 nitrogen and oxygen atoms in total. The second-order valence-electron chi connectivity index (χ2n) is 5.76. The summed E-state index contributed by atoms with van der Waals surface area (Å²) in [5, 5.41) is 10.9. The van der Waals surface area contributed by atoms with Crippen LogP contribution in [0.3, 0.4) is 0 Å². The zero-order valence-corrected chi connectivity index (χ0v) is 12.9. The molecule has 0 saturated carbocycles. The maximum Gasteiger partial charge on any atom is 0.291 e. The number of fused-ring (bicyclic) bond motifs is 1. The number of aromatic amines is 1. The Balaban J connectivity index is 1.73. The first-order valence-electron chi connectivity index (χ1n) is 7.62. The number of nitrogens with zero attached hydrogens (tertiary/aromatic N) is 2. The van der Waals surface area contributed by atoms with Gasteiger partial charge in [-0.05, 0) is 68.4 Å². The standard InChI is InChI=1S/C17H20N4O/c1-11-9-16(20-18-11)17(22)21-19-12(2)14-8-7-13-5-3-4-6-15(13)10-14/h7-10H,3-6H2,1-2H3,(H,18,20)(H,21,22). The van der Waals surface area contributed by atoms with Gasteiger partial charge in [-0.2, -0.15) is 10.2 Å². The lowest BCUT2D eigenvalue weighted by Crippen LogP contribution is -2.19. The highest BCUT2D eigenvalue weighted by atomic mass is 16.2. The van der Waals surface area contributed by atoms with Crippen LogP contribution in [0.15, 0.2) is 29.4 Å². The molecular weight excluding hydrogens is 276 g/mol. The van der Waals surface area contributed by atoms with Gasteiger partial charge in [-0.3, -0.25) is 9.89 Å². The predicted molar refractivity (Wildman–Crippen MR) is 86.1 cm³/mol. The average molecular weight is 296 g/mol. The maximum absolute atomic E-state index is 11.9. The molecule has 0 atom stereocenters. The number of carbonyl (C=O) groups is 1. The van der Waals surface area contributed by atoms with Crippen LogP contribution in [-0.4, -0.2) is 21.8 Å². The number of H-pyrrole nitrogens is 1. The van der Waals surface area contributed by atoms with Crippen molar-refractivity contribution in [3.63, 3.8) is 0 Å². The van der Waals surface area contributed by atoms with E-state index < -0.39 is 0 Å². The number of carbonyl (C=O) groups excluding carboxylic acids is 1. The van der Waals surface area contributed by atoms with Crippen molar-refractivity contribution in [3.8, 4) is 0 Å².